The van der Waals surface area contributed by atoms with Gasteiger partial charge in [0.1, 0.15) is 0 Å². The van der Waals surface area contributed by atoms with Gasteiger partial charge in [-0.2, -0.15) is 9.97 Å². The van der Waals surface area contributed by atoms with E-state index in [1.165, 1.54) is 42.4 Å². The van der Waals surface area contributed by atoms with E-state index in [1.807, 2.05) is 18.2 Å². The van der Waals surface area contributed by atoms with Crippen LogP contribution < -0.4 is 0 Å². The molecule has 0 atom stereocenters. The van der Waals surface area contributed by atoms with Gasteiger partial charge in [-0.25, -0.2) is 4.98 Å². The summed E-state index contributed by atoms with van der Waals surface area (Å²) in [5.41, 5.74) is 8.68. The van der Waals surface area contributed by atoms with Crippen LogP contribution in [0.25, 0.3) is 93.0 Å². The quantitative estimate of drug-likeness (QED) is 0.185. The third-order valence-corrected chi connectivity index (χ3v) is 10.6. The van der Waals surface area contributed by atoms with E-state index in [0.717, 1.165) is 32.9 Å². The highest BCUT2D eigenvalue weighted by molar-refractivity contribution is 7.25. The van der Waals surface area contributed by atoms with Gasteiger partial charge in [-0.05, 0) is 58.7 Å². The molecule has 5 heteroatoms. The van der Waals surface area contributed by atoms with Gasteiger partial charge in [-0.3, -0.25) is 4.57 Å². The molecular weight excluding hydrogens is 629 g/mol. The van der Waals surface area contributed by atoms with Crippen molar-refractivity contribution in [1.29, 1.82) is 0 Å². The maximum atomic E-state index is 5.24. The molecule has 10 aromatic rings. The van der Waals surface area contributed by atoms with Crippen LogP contribution >= 0.6 is 11.3 Å². The third kappa shape index (κ3) is 4.79. The third-order valence-electron chi connectivity index (χ3n) is 9.47. The van der Waals surface area contributed by atoms with Gasteiger partial charge in [0.05, 0.1) is 11.0 Å². The largest absolute Gasteiger partial charge is 0.278 e. The fourth-order valence-corrected chi connectivity index (χ4v) is 8.18. The topological polar surface area (TPSA) is 43.6 Å². The first-order chi connectivity index (χ1) is 24.8. The SMILES string of the molecule is c1ccc(-c2ccc3c(c2)c2cc(-c4ccccc4)ccc2n3-c2nc(-c3ccccc3)nc(-c3ccc4c(c3)sc3ccccc34)n2)cc1. The maximum absolute atomic E-state index is 5.24. The molecule has 0 spiro atoms. The number of fused-ring (bicyclic) bond motifs is 6. The summed E-state index contributed by atoms with van der Waals surface area (Å²) < 4.78 is 4.69. The first-order valence-electron chi connectivity index (χ1n) is 16.7. The van der Waals surface area contributed by atoms with E-state index in [1.54, 1.807) is 11.3 Å². The van der Waals surface area contributed by atoms with Crippen molar-refractivity contribution in [3.05, 3.63) is 170 Å². The Morgan fingerprint density at radius 3 is 1.46 bits per heavy atom. The number of hydrogen-bond donors (Lipinski definition) is 0. The Balaban J connectivity index is 1.23. The lowest BCUT2D eigenvalue weighted by molar-refractivity contribution is 0.954. The summed E-state index contributed by atoms with van der Waals surface area (Å²) in [6.45, 7) is 0. The molecule has 4 nitrogen and oxygen atoms in total. The van der Waals surface area contributed by atoms with Crippen LogP contribution in [0.2, 0.25) is 0 Å². The number of thiophene rings is 1. The van der Waals surface area contributed by atoms with Crippen LogP contribution in [0.1, 0.15) is 0 Å². The molecule has 0 N–H and O–H groups in total. The molecule has 0 fully saturated rings. The maximum Gasteiger partial charge on any atom is 0.238 e. The Hall–Kier alpha value is -6.43. The van der Waals surface area contributed by atoms with E-state index in [0.29, 0.717) is 17.6 Å². The van der Waals surface area contributed by atoms with Crippen molar-refractivity contribution in [3.8, 4) is 51.0 Å². The fraction of sp³-hybridized carbons (Fsp3) is 0. The lowest BCUT2D eigenvalue weighted by atomic mass is 10.0. The minimum atomic E-state index is 0.588. The number of nitrogens with zero attached hydrogens (tertiary/aromatic N) is 4. The number of benzene rings is 7. The molecular formula is C45H28N4S. The zero-order valence-corrected chi connectivity index (χ0v) is 27.7. The van der Waals surface area contributed by atoms with Crippen molar-refractivity contribution < 1.29 is 0 Å². The molecule has 50 heavy (non-hydrogen) atoms. The van der Waals surface area contributed by atoms with E-state index in [9.17, 15) is 0 Å². The average Bonchev–Trinajstić information content (AvgIpc) is 3.73. The summed E-state index contributed by atoms with van der Waals surface area (Å²) >= 11 is 1.80. The summed E-state index contributed by atoms with van der Waals surface area (Å²) in [6.07, 6.45) is 0. The van der Waals surface area contributed by atoms with Crippen molar-refractivity contribution in [1.82, 2.24) is 19.5 Å². The molecule has 0 amide bonds. The van der Waals surface area contributed by atoms with Gasteiger partial charge in [0, 0.05) is 42.1 Å². The van der Waals surface area contributed by atoms with E-state index < -0.39 is 0 Å². The van der Waals surface area contributed by atoms with Crippen LogP contribution in [0, 0.1) is 0 Å². The fourth-order valence-electron chi connectivity index (χ4n) is 7.03. The van der Waals surface area contributed by atoms with Crippen molar-refractivity contribution >= 4 is 53.3 Å². The van der Waals surface area contributed by atoms with Gasteiger partial charge in [0.15, 0.2) is 11.6 Å². The molecule has 7 aromatic carbocycles. The summed E-state index contributed by atoms with van der Waals surface area (Å²) in [6, 6.07) is 59.8. The zero-order valence-electron chi connectivity index (χ0n) is 26.9. The number of hydrogen-bond acceptors (Lipinski definition) is 4. The molecule has 0 saturated heterocycles. The van der Waals surface area contributed by atoms with Crippen LogP contribution in [0.15, 0.2) is 170 Å². The highest BCUT2D eigenvalue weighted by atomic mass is 32.1. The predicted octanol–water partition coefficient (Wildman–Crippen LogP) is 12.0. The Morgan fingerprint density at radius 1 is 0.340 bits per heavy atom. The smallest absolute Gasteiger partial charge is 0.238 e. The first-order valence-corrected chi connectivity index (χ1v) is 17.5. The van der Waals surface area contributed by atoms with E-state index in [2.05, 4.69) is 156 Å². The van der Waals surface area contributed by atoms with Gasteiger partial charge in [0.2, 0.25) is 5.95 Å². The molecule has 0 aliphatic heterocycles. The van der Waals surface area contributed by atoms with Crippen molar-refractivity contribution in [2.24, 2.45) is 0 Å². The number of aromatic nitrogens is 4. The van der Waals surface area contributed by atoms with Crippen LogP contribution in [0.5, 0.6) is 0 Å². The monoisotopic (exact) mass is 656 g/mol. The normalized spacial score (nSPS) is 11.6. The van der Waals surface area contributed by atoms with Gasteiger partial charge >= 0.3 is 0 Å². The highest BCUT2D eigenvalue weighted by Crippen LogP contribution is 2.39. The van der Waals surface area contributed by atoms with Crippen LogP contribution in [-0.4, -0.2) is 19.5 Å². The zero-order chi connectivity index (χ0) is 33.0. The van der Waals surface area contributed by atoms with Crippen molar-refractivity contribution in [2.75, 3.05) is 0 Å². The second kappa shape index (κ2) is 11.6. The first kappa shape index (κ1) is 28.6. The Kier molecular flexibility index (Phi) is 6.64. The van der Waals surface area contributed by atoms with Crippen molar-refractivity contribution in [2.45, 2.75) is 0 Å². The summed E-state index contributed by atoms with van der Waals surface area (Å²) in [4.78, 5) is 15.5. The van der Waals surface area contributed by atoms with E-state index >= 15 is 0 Å². The van der Waals surface area contributed by atoms with Gasteiger partial charge in [0.25, 0.3) is 0 Å². The Morgan fingerprint density at radius 2 is 0.840 bits per heavy atom. The van der Waals surface area contributed by atoms with E-state index in [-0.39, 0.29) is 0 Å². The van der Waals surface area contributed by atoms with Crippen LogP contribution in [-0.2, 0) is 0 Å². The second-order valence-corrected chi connectivity index (χ2v) is 13.6. The van der Waals surface area contributed by atoms with Crippen LogP contribution in [0.3, 0.4) is 0 Å². The van der Waals surface area contributed by atoms with Crippen LogP contribution in [0.4, 0.5) is 0 Å². The molecule has 0 saturated carbocycles. The Labute approximate surface area is 292 Å². The minimum Gasteiger partial charge on any atom is -0.278 e. The van der Waals surface area contributed by atoms with Gasteiger partial charge in [-0.1, -0.05) is 133 Å². The van der Waals surface area contributed by atoms with Gasteiger partial charge < -0.3 is 0 Å². The number of rotatable bonds is 5. The summed E-state index contributed by atoms with van der Waals surface area (Å²) in [7, 11) is 0. The van der Waals surface area contributed by atoms with Gasteiger partial charge in [-0.15, -0.1) is 11.3 Å². The molecule has 0 bridgehead atoms. The van der Waals surface area contributed by atoms with Crippen molar-refractivity contribution in [3.63, 3.8) is 0 Å². The molecule has 0 aliphatic rings. The Bertz CT molecular complexity index is 2760. The molecule has 0 aliphatic carbocycles. The molecule has 10 rings (SSSR count). The molecule has 0 unspecified atom stereocenters. The lowest BCUT2D eigenvalue weighted by Crippen LogP contribution is -2.06. The summed E-state index contributed by atoms with van der Waals surface area (Å²) in [5.74, 6) is 1.87. The average molecular weight is 657 g/mol. The standard InChI is InChI=1S/C45H28N4S/c1-4-12-29(13-5-1)32-21-24-39-37(26-32)38-27-33(30-14-6-2-7-15-30)22-25-40(38)49(39)45-47-43(31-16-8-3-9-17-31)46-44(48-45)34-20-23-36-35-18-10-11-19-41(35)50-42(36)28-34/h1-28H. The second-order valence-electron chi connectivity index (χ2n) is 12.5. The molecule has 3 aromatic heterocycles. The molecule has 234 valence electrons. The minimum absolute atomic E-state index is 0.588. The predicted molar refractivity (Wildman–Crippen MR) is 209 cm³/mol. The highest BCUT2D eigenvalue weighted by Gasteiger charge is 2.19. The molecule has 3 heterocycles. The molecule has 0 radical (unpaired) electrons. The summed E-state index contributed by atoms with van der Waals surface area (Å²) in [5, 5.41) is 4.82. The lowest BCUT2D eigenvalue weighted by Gasteiger charge is -2.11. The van der Waals surface area contributed by atoms with E-state index in [4.69, 9.17) is 15.0 Å².